The highest BCUT2D eigenvalue weighted by molar-refractivity contribution is 5.94. The molecular formula is C29H36FN5O3. The van der Waals surface area contributed by atoms with Gasteiger partial charge in [0.25, 0.3) is 0 Å². The van der Waals surface area contributed by atoms with Gasteiger partial charge in [-0.1, -0.05) is 36.4 Å². The molecule has 1 aliphatic carbocycles. The summed E-state index contributed by atoms with van der Waals surface area (Å²) in [5.74, 6) is -1.24. The lowest BCUT2D eigenvalue weighted by atomic mass is 10.0. The first-order valence-corrected chi connectivity index (χ1v) is 13.6. The molecule has 4 N–H and O–H groups in total. The molecule has 1 saturated heterocycles. The summed E-state index contributed by atoms with van der Waals surface area (Å²) in [7, 11) is 0. The summed E-state index contributed by atoms with van der Waals surface area (Å²) < 4.78 is 14.2. The predicted molar refractivity (Wildman–Crippen MR) is 144 cm³/mol. The minimum Gasteiger partial charge on any atom is -0.362 e. The number of carbonyl (C=O) groups is 3. The van der Waals surface area contributed by atoms with Crippen LogP contribution in [0.1, 0.15) is 57.4 Å². The fourth-order valence-electron chi connectivity index (χ4n) is 5.61. The number of nitrogens with one attached hydrogen (secondary N) is 4. The number of piperidine rings is 1. The Hall–Kier alpha value is -3.62. The molecule has 2 aromatic rings. The molecule has 6 atom stereocenters. The topological polar surface area (TPSA) is 103 Å². The van der Waals surface area contributed by atoms with Crippen molar-refractivity contribution in [3.8, 4) is 0 Å². The molecule has 202 valence electrons. The van der Waals surface area contributed by atoms with Gasteiger partial charge in [-0.25, -0.2) is 4.39 Å². The van der Waals surface area contributed by atoms with Crippen LogP contribution in [-0.4, -0.2) is 53.5 Å². The summed E-state index contributed by atoms with van der Waals surface area (Å²) in [6, 6.07) is 13.3. The lowest BCUT2D eigenvalue weighted by Gasteiger charge is -2.34. The van der Waals surface area contributed by atoms with Gasteiger partial charge in [-0.05, 0) is 63.1 Å². The first-order chi connectivity index (χ1) is 18.3. The van der Waals surface area contributed by atoms with Gasteiger partial charge in [0.05, 0.1) is 23.8 Å². The maximum atomic E-state index is 14.2. The number of hydrogen-bond donors (Lipinski definition) is 4. The molecule has 0 spiro atoms. The predicted octanol–water partition coefficient (Wildman–Crippen LogP) is 3.57. The molecule has 2 fully saturated rings. The van der Waals surface area contributed by atoms with Gasteiger partial charge in [0.1, 0.15) is 18.0 Å². The zero-order valence-corrected chi connectivity index (χ0v) is 21.9. The Balaban J connectivity index is 1.25. The number of amides is 3. The Morgan fingerprint density at radius 1 is 1.05 bits per heavy atom. The van der Waals surface area contributed by atoms with E-state index < -0.39 is 24.2 Å². The third-order valence-corrected chi connectivity index (χ3v) is 7.98. The number of para-hydroxylation sites is 1. The number of carbonyl (C=O) groups excluding carboxylic acids is 3. The first-order valence-electron chi connectivity index (χ1n) is 13.6. The van der Waals surface area contributed by atoms with Gasteiger partial charge in [0.2, 0.25) is 17.7 Å². The largest absolute Gasteiger partial charge is 0.362 e. The molecule has 0 radical (unpaired) electrons. The van der Waals surface area contributed by atoms with Gasteiger partial charge in [-0.3, -0.25) is 14.4 Å². The van der Waals surface area contributed by atoms with Crippen molar-refractivity contribution in [1.82, 2.24) is 15.5 Å². The van der Waals surface area contributed by atoms with Crippen LogP contribution < -0.4 is 21.3 Å². The molecular weight excluding hydrogens is 485 g/mol. The SMILES string of the molecule is C[C@H](NC(=O)[C@H](CC(=O)N1CCCC[C@@H]1C)NC(=O)[C@H]1C[C@@H]1c1ccccc1)C1Nc2cccc(F)c2N1. The third kappa shape index (κ3) is 5.61. The van der Waals surface area contributed by atoms with Gasteiger partial charge in [-0.2, -0.15) is 0 Å². The minimum atomic E-state index is -0.996. The highest BCUT2D eigenvalue weighted by Gasteiger charge is 2.45. The summed E-state index contributed by atoms with van der Waals surface area (Å²) in [5, 5.41) is 12.1. The molecule has 3 aliphatic rings. The van der Waals surface area contributed by atoms with Crippen molar-refractivity contribution in [2.45, 2.75) is 76.2 Å². The molecule has 1 saturated carbocycles. The molecule has 1 unspecified atom stereocenters. The van der Waals surface area contributed by atoms with E-state index in [-0.39, 0.29) is 41.9 Å². The second kappa shape index (κ2) is 11.0. The van der Waals surface area contributed by atoms with Crippen molar-refractivity contribution >= 4 is 29.1 Å². The van der Waals surface area contributed by atoms with Crippen LogP contribution in [0.15, 0.2) is 48.5 Å². The average Bonchev–Trinajstić information content (AvgIpc) is 3.59. The number of fused-ring (bicyclic) bond motifs is 1. The second-order valence-corrected chi connectivity index (χ2v) is 10.8. The van der Waals surface area contributed by atoms with Crippen molar-refractivity contribution in [3.63, 3.8) is 0 Å². The number of hydrogen-bond acceptors (Lipinski definition) is 5. The Morgan fingerprint density at radius 2 is 1.84 bits per heavy atom. The van der Waals surface area contributed by atoms with Crippen molar-refractivity contribution in [3.05, 3.63) is 59.9 Å². The van der Waals surface area contributed by atoms with Crippen LogP contribution in [0.25, 0.3) is 0 Å². The summed E-state index contributed by atoms with van der Waals surface area (Å²) in [6.45, 7) is 4.49. The number of halogens is 1. The Kier molecular flexibility index (Phi) is 7.53. The normalized spacial score (nSPS) is 25.3. The van der Waals surface area contributed by atoms with Gasteiger partial charge in [0.15, 0.2) is 0 Å². The number of nitrogens with zero attached hydrogens (tertiary/aromatic N) is 1. The van der Waals surface area contributed by atoms with Crippen LogP contribution in [0.4, 0.5) is 15.8 Å². The molecule has 0 aromatic heterocycles. The maximum absolute atomic E-state index is 14.2. The van der Waals surface area contributed by atoms with E-state index in [4.69, 9.17) is 0 Å². The summed E-state index contributed by atoms with van der Waals surface area (Å²) in [4.78, 5) is 41.7. The third-order valence-electron chi connectivity index (χ3n) is 7.98. The van der Waals surface area contributed by atoms with Crippen LogP contribution in [0.2, 0.25) is 0 Å². The number of anilines is 2. The smallest absolute Gasteiger partial charge is 0.243 e. The van der Waals surface area contributed by atoms with Crippen molar-refractivity contribution in [1.29, 1.82) is 0 Å². The van der Waals surface area contributed by atoms with E-state index in [1.165, 1.54) is 6.07 Å². The molecule has 38 heavy (non-hydrogen) atoms. The molecule has 2 aromatic carbocycles. The standard InChI is InChI=1S/C29H36FN5O3/c1-17-9-6-7-14-35(17)25(36)16-24(33-28(37)21-15-20(21)19-10-4-3-5-11-19)29(38)31-18(2)27-32-23-13-8-12-22(30)26(23)34-27/h3-5,8,10-13,17-18,20-21,24,27,32,34H,6-7,9,14-16H2,1-2H3,(H,31,38)(H,33,37)/t17-,18-,20+,21-,24-,27?/m0/s1. The zero-order chi connectivity index (χ0) is 26.8. The Morgan fingerprint density at radius 3 is 2.58 bits per heavy atom. The van der Waals surface area contributed by atoms with Crippen LogP contribution in [0.5, 0.6) is 0 Å². The highest BCUT2D eigenvalue weighted by Crippen LogP contribution is 2.47. The molecule has 5 rings (SSSR count). The monoisotopic (exact) mass is 521 g/mol. The maximum Gasteiger partial charge on any atom is 0.243 e. The van der Waals surface area contributed by atoms with Gasteiger partial charge >= 0.3 is 0 Å². The molecule has 3 amide bonds. The summed E-state index contributed by atoms with van der Waals surface area (Å²) in [5.41, 5.74) is 2.08. The fraction of sp³-hybridized carbons (Fsp3) is 0.483. The van der Waals surface area contributed by atoms with Gasteiger partial charge in [0, 0.05) is 18.5 Å². The quantitative estimate of drug-likeness (QED) is 0.425. The fourth-order valence-corrected chi connectivity index (χ4v) is 5.61. The van der Waals surface area contributed by atoms with Gasteiger partial charge < -0.3 is 26.2 Å². The van der Waals surface area contributed by atoms with E-state index >= 15 is 0 Å². The number of benzene rings is 2. The highest BCUT2D eigenvalue weighted by atomic mass is 19.1. The van der Waals surface area contributed by atoms with E-state index in [9.17, 15) is 18.8 Å². The molecule has 8 nitrogen and oxygen atoms in total. The second-order valence-electron chi connectivity index (χ2n) is 10.8. The van der Waals surface area contributed by atoms with E-state index in [1.54, 1.807) is 19.1 Å². The Labute approximate surface area is 222 Å². The average molecular weight is 522 g/mol. The summed E-state index contributed by atoms with van der Waals surface area (Å²) >= 11 is 0. The van der Waals surface area contributed by atoms with E-state index in [0.717, 1.165) is 31.2 Å². The number of likely N-dealkylation sites (tertiary alicyclic amines) is 1. The van der Waals surface area contributed by atoms with Crippen molar-refractivity contribution in [2.75, 3.05) is 17.2 Å². The number of rotatable bonds is 8. The molecule has 0 bridgehead atoms. The first kappa shape index (κ1) is 26.0. The van der Waals surface area contributed by atoms with Gasteiger partial charge in [-0.15, -0.1) is 0 Å². The zero-order valence-electron chi connectivity index (χ0n) is 21.9. The van der Waals surface area contributed by atoms with Crippen LogP contribution in [0.3, 0.4) is 0 Å². The van der Waals surface area contributed by atoms with E-state index in [0.29, 0.717) is 17.9 Å². The lowest BCUT2D eigenvalue weighted by Crippen LogP contribution is -2.55. The lowest BCUT2D eigenvalue weighted by molar-refractivity contribution is -0.138. The van der Waals surface area contributed by atoms with Crippen LogP contribution >= 0.6 is 0 Å². The van der Waals surface area contributed by atoms with E-state index in [2.05, 4.69) is 21.3 Å². The molecule has 9 heteroatoms. The van der Waals surface area contributed by atoms with E-state index in [1.807, 2.05) is 42.2 Å². The van der Waals surface area contributed by atoms with Crippen LogP contribution in [-0.2, 0) is 14.4 Å². The molecule has 2 heterocycles. The van der Waals surface area contributed by atoms with Crippen molar-refractivity contribution < 1.29 is 18.8 Å². The Bertz CT molecular complexity index is 1190. The summed E-state index contributed by atoms with van der Waals surface area (Å²) in [6.07, 6.45) is 3.13. The minimum absolute atomic E-state index is 0.0995. The molecule has 2 aliphatic heterocycles. The van der Waals surface area contributed by atoms with Crippen molar-refractivity contribution in [2.24, 2.45) is 5.92 Å². The van der Waals surface area contributed by atoms with Crippen LogP contribution in [0, 0.1) is 11.7 Å².